The van der Waals surface area contributed by atoms with Crippen molar-refractivity contribution in [3.05, 3.63) is 58.4 Å². The van der Waals surface area contributed by atoms with E-state index in [4.69, 9.17) is 9.97 Å². The minimum atomic E-state index is -0.199. The summed E-state index contributed by atoms with van der Waals surface area (Å²) in [6.45, 7) is 6.68. The molecule has 2 aromatic rings. The third kappa shape index (κ3) is 5.67. The second-order valence-corrected chi connectivity index (χ2v) is 9.16. The Balaban J connectivity index is 1.36. The molecular formula is C25H33FN4O. The summed E-state index contributed by atoms with van der Waals surface area (Å²) in [5, 5.41) is 3.20. The van der Waals surface area contributed by atoms with Crippen LogP contribution < -0.4 is 5.32 Å². The number of benzene rings is 1. The highest BCUT2D eigenvalue weighted by Gasteiger charge is 2.27. The molecule has 2 fully saturated rings. The van der Waals surface area contributed by atoms with Gasteiger partial charge >= 0.3 is 0 Å². The Morgan fingerprint density at radius 2 is 1.74 bits per heavy atom. The Morgan fingerprint density at radius 1 is 1.06 bits per heavy atom. The second kappa shape index (κ2) is 9.86. The monoisotopic (exact) mass is 424 g/mol. The van der Waals surface area contributed by atoms with Crippen molar-refractivity contribution in [3.8, 4) is 0 Å². The van der Waals surface area contributed by atoms with Crippen LogP contribution >= 0.6 is 0 Å². The number of halogens is 1. The fourth-order valence-corrected chi connectivity index (χ4v) is 4.93. The third-order valence-electron chi connectivity index (χ3n) is 6.70. The highest BCUT2D eigenvalue weighted by atomic mass is 19.1. The van der Waals surface area contributed by atoms with E-state index in [1.165, 1.54) is 31.4 Å². The molecule has 1 aliphatic heterocycles. The normalized spacial score (nSPS) is 20.2. The average molecular weight is 425 g/mol. The second-order valence-electron chi connectivity index (χ2n) is 9.16. The molecule has 31 heavy (non-hydrogen) atoms. The fraction of sp³-hybridized carbons (Fsp3) is 0.560. The van der Waals surface area contributed by atoms with Gasteiger partial charge in [0.05, 0.1) is 6.42 Å². The summed E-state index contributed by atoms with van der Waals surface area (Å²) in [5.41, 5.74) is 3.91. The van der Waals surface area contributed by atoms with E-state index < -0.39 is 0 Å². The highest BCUT2D eigenvalue weighted by molar-refractivity contribution is 5.79. The van der Waals surface area contributed by atoms with Gasteiger partial charge in [0.25, 0.3) is 0 Å². The van der Waals surface area contributed by atoms with E-state index in [0.29, 0.717) is 18.4 Å². The van der Waals surface area contributed by atoms with E-state index in [9.17, 15) is 9.18 Å². The number of nitrogens with one attached hydrogen (secondary N) is 1. The number of aromatic nitrogens is 2. The molecule has 1 aromatic heterocycles. The highest BCUT2D eigenvalue weighted by Crippen LogP contribution is 2.27. The first-order valence-corrected chi connectivity index (χ1v) is 11.6. The van der Waals surface area contributed by atoms with Crippen LogP contribution in [-0.4, -0.2) is 39.9 Å². The largest absolute Gasteiger partial charge is 0.353 e. The summed E-state index contributed by atoms with van der Waals surface area (Å²) < 4.78 is 13.1. The standard InChI is InChI=1S/C25H33FN4O/c1-17-23(14-24(31)29-22-6-4-3-5-7-22)18(2)28-25(27-17)20-12-13-30(16-20)15-19-8-10-21(26)11-9-19/h8-11,20,22H,3-7,12-16H2,1-2H3,(H,29,31). The molecule has 1 aliphatic carbocycles. The zero-order valence-electron chi connectivity index (χ0n) is 18.7. The van der Waals surface area contributed by atoms with Crippen molar-refractivity contribution in [2.24, 2.45) is 0 Å². The lowest BCUT2D eigenvalue weighted by Crippen LogP contribution is -2.37. The number of aryl methyl sites for hydroxylation is 2. The number of carbonyl (C=O) groups excluding carboxylic acids is 1. The van der Waals surface area contributed by atoms with Crippen LogP contribution in [0.1, 0.15) is 72.8 Å². The lowest BCUT2D eigenvalue weighted by Gasteiger charge is -2.23. The quantitative estimate of drug-likeness (QED) is 0.755. The predicted molar refractivity (Wildman–Crippen MR) is 119 cm³/mol. The van der Waals surface area contributed by atoms with Crippen LogP contribution in [0.3, 0.4) is 0 Å². The van der Waals surface area contributed by atoms with Crippen LogP contribution in [0, 0.1) is 19.7 Å². The number of rotatable bonds is 6. The number of carbonyl (C=O) groups is 1. The molecule has 1 atom stereocenters. The van der Waals surface area contributed by atoms with E-state index in [-0.39, 0.29) is 11.7 Å². The molecule has 6 heteroatoms. The molecule has 0 spiro atoms. The minimum Gasteiger partial charge on any atom is -0.353 e. The maximum Gasteiger partial charge on any atom is 0.224 e. The molecule has 1 aromatic carbocycles. The van der Waals surface area contributed by atoms with Gasteiger partial charge in [-0.3, -0.25) is 9.69 Å². The van der Waals surface area contributed by atoms with E-state index in [1.807, 2.05) is 26.0 Å². The van der Waals surface area contributed by atoms with Crippen molar-refractivity contribution in [1.82, 2.24) is 20.2 Å². The van der Waals surface area contributed by atoms with E-state index in [0.717, 1.165) is 67.2 Å². The van der Waals surface area contributed by atoms with Gasteiger partial charge in [0.2, 0.25) is 5.91 Å². The van der Waals surface area contributed by atoms with E-state index in [1.54, 1.807) is 0 Å². The lowest BCUT2D eigenvalue weighted by atomic mass is 9.95. The van der Waals surface area contributed by atoms with Gasteiger partial charge in [0, 0.05) is 42.0 Å². The van der Waals surface area contributed by atoms with Gasteiger partial charge in [-0.2, -0.15) is 0 Å². The molecule has 4 rings (SSSR count). The molecule has 2 aliphatic rings. The first kappa shape index (κ1) is 21.9. The number of amides is 1. The summed E-state index contributed by atoms with van der Waals surface area (Å²) >= 11 is 0. The molecule has 1 saturated carbocycles. The molecule has 0 radical (unpaired) electrons. The molecule has 1 unspecified atom stereocenters. The molecule has 1 saturated heterocycles. The summed E-state index contributed by atoms with van der Waals surface area (Å²) in [6, 6.07) is 7.05. The van der Waals surface area contributed by atoms with Crippen LogP contribution in [-0.2, 0) is 17.8 Å². The number of hydrogen-bond donors (Lipinski definition) is 1. The van der Waals surface area contributed by atoms with Crippen molar-refractivity contribution in [3.63, 3.8) is 0 Å². The van der Waals surface area contributed by atoms with Crippen LogP contribution in [0.4, 0.5) is 4.39 Å². The first-order chi connectivity index (χ1) is 15.0. The number of likely N-dealkylation sites (tertiary alicyclic amines) is 1. The van der Waals surface area contributed by atoms with Crippen LogP contribution in [0.2, 0.25) is 0 Å². The van der Waals surface area contributed by atoms with Crippen LogP contribution in [0.15, 0.2) is 24.3 Å². The Kier molecular flexibility index (Phi) is 6.96. The molecule has 5 nitrogen and oxygen atoms in total. The summed E-state index contributed by atoms with van der Waals surface area (Å²) in [7, 11) is 0. The van der Waals surface area contributed by atoms with Crippen molar-refractivity contribution in [1.29, 1.82) is 0 Å². The van der Waals surface area contributed by atoms with Crippen molar-refractivity contribution in [2.75, 3.05) is 13.1 Å². The number of nitrogens with zero attached hydrogens (tertiary/aromatic N) is 3. The summed E-state index contributed by atoms with van der Waals surface area (Å²) in [6.07, 6.45) is 7.25. The third-order valence-corrected chi connectivity index (χ3v) is 6.70. The SMILES string of the molecule is Cc1nc(C2CCN(Cc3ccc(F)cc3)C2)nc(C)c1CC(=O)NC1CCCCC1. The fourth-order valence-electron chi connectivity index (χ4n) is 4.93. The Hall–Kier alpha value is -2.34. The van der Waals surface area contributed by atoms with Gasteiger partial charge in [-0.25, -0.2) is 14.4 Å². The lowest BCUT2D eigenvalue weighted by molar-refractivity contribution is -0.121. The van der Waals surface area contributed by atoms with Crippen LogP contribution in [0.25, 0.3) is 0 Å². The van der Waals surface area contributed by atoms with Gasteiger partial charge in [0.15, 0.2) is 0 Å². The average Bonchev–Trinajstić information content (AvgIpc) is 3.21. The van der Waals surface area contributed by atoms with Gasteiger partial charge in [-0.1, -0.05) is 31.4 Å². The van der Waals surface area contributed by atoms with Gasteiger partial charge < -0.3 is 5.32 Å². The molecule has 166 valence electrons. The zero-order valence-corrected chi connectivity index (χ0v) is 18.7. The zero-order chi connectivity index (χ0) is 21.8. The summed E-state index contributed by atoms with van der Waals surface area (Å²) in [5.74, 6) is 1.06. The van der Waals surface area contributed by atoms with Crippen LogP contribution in [0.5, 0.6) is 0 Å². The molecular weight excluding hydrogens is 391 g/mol. The predicted octanol–water partition coefficient (Wildman–Crippen LogP) is 4.21. The Labute approximate surface area is 184 Å². The topological polar surface area (TPSA) is 58.1 Å². The van der Waals surface area contributed by atoms with Crippen molar-refractivity contribution in [2.45, 2.75) is 77.3 Å². The maximum atomic E-state index is 13.1. The Morgan fingerprint density at radius 3 is 2.42 bits per heavy atom. The molecule has 1 N–H and O–H groups in total. The maximum absolute atomic E-state index is 13.1. The molecule has 2 heterocycles. The van der Waals surface area contributed by atoms with Gasteiger partial charge in [-0.05, 0) is 57.4 Å². The minimum absolute atomic E-state index is 0.0841. The smallest absolute Gasteiger partial charge is 0.224 e. The number of hydrogen-bond acceptors (Lipinski definition) is 4. The van der Waals surface area contributed by atoms with E-state index in [2.05, 4.69) is 10.2 Å². The van der Waals surface area contributed by atoms with Crippen molar-refractivity contribution < 1.29 is 9.18 Å². The van der Waals surface area contributed by atoms with Crippen molar-refractivity contribution >= 4 is 5.91 Å². The molecule has 0 bridgehead atoms. The molecule has 1 amide bonds. The van der Waals surface area contributed by atoms with Gasteiger partial charge in [0.1, 0.15) is 11.6 Å². The first-order valence-electron chi connectivity index (χ1n) is 11.6. The van der Waals surface area contributed by atoms with E-state index >= 15 is 0 Å². The van der Waals surface area contributed by atoms with Gasteiger partial charge in [-0.15, -0.1) is 0 Å². The summed E-state index contributed by atoms with van der Waals surface area (Å²) in [4.78, 5) is 24.5. The Bertz CT molecular complexity index is 885.